The van der Waals surface area contributed by atoms with Crippen molar-refractivity contribution in [2.45, 2.75) is 89.1 Å². The molecule has 1 aromatic heterocycles. The zero-order valence-corrected chi connectivity index (χ0v) is 32.3. The van der Waals surface area contributed by atoms with Crippen molar-refractivity contribution in [3.8, 4) is 0 Å². The molecule has 3 atom stereocenters. The molecule has 264 valence electrons. The number of aldehydes is 1. The number of carbonyl (C=O) groups excluding carboxylic acids is 2. The molecule has 1 aliphatic rings. The van der Waals surface area contributed by atoms with Crippen LogP contribution >= 0.6 is 0 Å². The number of benzene rings is 3. The lowest BCUT2D eigenvalue weighted by Gasteiger charge is -2.46. The van der Waals surface area contributed by atoms with Crippen molar-refractivity contribution in [3.05, 3.63) is 119 Å². The maximum Gasteiger partial charge on any atom is 0.351 e. The fourth-order valence-electron chi connectivity index (χ4n) is 6.34. The van der Waals surface area contributed by atoms with Gasteiger partial charge in [-0.25, -0.2) is 4.79 Å². The second-order valence-electron chi connectivity index (χ2n) is 15.5. The highest BCUT2D eigenvalue weighted by atomic mass is 28.4. The molecule has 0 saturated carbocycles. The summed E-state index contributed by atoms with van der Waals surface area (Å²) >= 11 is 0. The van der Waals surface area contributed by atoms with E-state index < -0.39 is 40.3 Å². The van der Waals surface area contributed by atoms with Crippen molar-refractivity contribution in [1.82, 2.24) is 9.55 Å². The van der Waals surface area contributed by atoms with Gasteiger partial charge in [0.15, 0.2) is 20.2 Å². The standard InChI is InChI=1S/C39H49N3O6Si2/c1-37(2,3)49(7,8)48-32-26-34(42-25-24-33(41-36(42)45)40-35(44)29-18-12-9-13-19-29)47-39(32,27-43)28-46-50(38(4,5)6,30-20-14-10-15-21-30)31-22-16-11-17-23-31/h9-25,27,32,34H,26,28H2,1-8H3,(H,40,41,44,45)/t32-,34+,39+/m0/s1. The van der Waals surface area contributed by atoms with Gasteiger partial charge in [0, 0.05) is 18.2 Å². The van der Waals surface area contributed by atoms with E-state index >= 15 is 0 Å². The van der Waals surface area contributed by atoms with Crippen LogP contribution in [0.3, 0.4) is 0 Å². The fraction of sp³-hybridized carbons (Fsp3) is 0.385. The Bertz CT molecular complexity index is 1800. The fourth-order valence-corrected chi connectivity index (χ4v) is 12.3. The molecule has 0 unspecified atom stereocenters. The van der Waals surface area contributed by atoms with Crippen molar-refractivity contribution >= 4 is 45.0 Å². The molecular formula is C39H49N3O6Si2. The maximum atomic E-state index is 13.5. The number of anilines is 1. The van der Waals surface area contributed by atoms with Crippen molar-refractivity contribution in [2.75, 3.05) is 11.9 Å². The van der Waals surface area contributed by atoms with Gasteiger partial charge < -0.3 is 18.9 Å². The molecule has 5 rings (SSSR count). The van der Waals surface area contributed by atoms with Gasteiger partial charge in [0.25, 0.3) is 14.2 Å². The lowest BCUT2D eigenvalue weighted by molar-refractivity contribution is -0.149. The smallest absolute Gasteiger partial charge is 0.351 e. The predicted molar refractivity (Wildman–Crippen MR) is 202 cm³/mol. The number of nitrogens with zero attached hydrogens (tertiary/aromatic N) is 2. The second-order valence-corrected chi connectivity index (χ2v) is 24.6. The van der Waals surface area contributed by atoms with Gasteiger partial charge >= 0.3 is 5.69 Å². The Hall–Kier alpha value is -4.01. The molecule has 0 spiro atoms. The molecule has 0 radical (unpaired) electrons. The lowest BCUT2D eigenvalue weighted by atomic mass is 10.00. The first-order valence-corrected chi connectivity index (χ1v) is 21.9. The van der Waals surface area contributed by atoms with Gasteiger partial charge in [-0.2, -0.15) is 4.98 Å². The number of aromatic nitrogens is 2. The lowest BCUT2D eigenvalue weighted by Crippen LogP contribution is -2.68. The van der Waals surface area contributed by atoms with Crippen LogP contribution in [0.2, 0.25) is 23.2 Å². The number of amides is 1. The van der Waals surface area contributed by atoms with Crippen LogP contribution in [-0.2, 0) is 18.4 Å². The second kappa shape index (κ2) is 14.3. The number of hydrogen-bond donors (Lipinski definition) is 1. The first-order valence-electron chi connectivity index (χ1n) is 17.1. The Labute approximate surface area is 297 Å². The molecule has 9 nitrogen and oxygen atoms in total. The molecule has 4 aromatic rings. The first-order chi connectivity index (χ1) is 23.5. The van der Waals surface area contributed by atoms with E-state index in [1.54, 1.807) is 30.3 Å². The third kappa shape index (κ3) is 7.38. The molecule has 1 amide bonds. The SMILES string of the molecule is CC(C)(C)[Si](C)(C)O[C@H]1C[C@H](n2ccc(NC(=O)c3ccccc3)nc2=O)O[C@]1(C=O)CO[Si](c1ccccc1)(c1ccccc1)C(C)(C)C. The van der Waals surface area contributed by atoms with E-state index in [9.17, 15) is 14.4 Å². The van der Waals surface area contributed by atoms with Gasteiger partial charge in [0.05, 0.1) is 12.7 Å². The van der Waals surface area contributed by atoms with E-state index in [0.717, 1.165) is 16.7 Å². The minimum Gasteiger partial charge on any atom is -0.410 e. The molecule has 1 saturated heterocycles. The molecule has 0 aliphatic carbocycles. The van der Waals surface area contributed by atoms with Gasteiger partial charge in [0.1, 0.15) is 12.0 Å². The van der Waals surface area contributed by atoms with Crippen LogP contribution in [0.15, 0.2) is 108 Å². The van der Waals surface area contributed by atoms with Crippen LogP contribution in [0.25, 0.3) is 0 Å². The Balaban J connectivity index is 1.53. The van der Waals surface area contributed by atoms with Crippen LogP contribution in [0.1, 0.15) is 64.5 Å². The highest BCUT2D eigenvalue weighted by molar-refractivity contribution is 6.99. The largest absolute Gasteiger partial charge is 0.410 e. The molecule has 2 heterocycles. The summed E-state index contributed by atoms with van der Waals surface area (Å²) in [6.07, 6.45) is 1.00. The molecule has 3 aromatic carbocycles. The van der Waals surface area contributed by atoms with Crippen molar-refractivity contribution in [2.24, 2.45) is 0 Å². The van der Waals surface area contributed by atoms with Gasteiger partial charge in [0.2, 0.25) is 0 Å². The molecule has 1 fully saturated rings. The highest BCUT2D eigenvalue weighted by Gasteiger charge is 2.57. The summed E-state index contributed by atoms with van der Waals surface area (Å²) in [6, 6.07) is 30.7. The quantitative estimate of drug-likeness (QED) is 0.143. The Morgan fingerprint density at radius 2 is 1.44 bits per heavy atom. The van der Waals surface area contributed by atoms with E-state index in [4.69, 9.17) is 13.6 Å². The van der Waals surface area contributed by atoms with Crippen LogP contribution < -0.4 is 21.4 Å². The third-order valence-corrected chi connectivity index (χ3v) is 19.6. The van der Waals surface area contributed by atoms with Crippen LogP contribution in [-0.4, -0.2) is 56.7 Å². The van der Waals surface area contributed by atoms with E-state index in [-0.39, 0.29) is 34.8 Å². The van der Waals surface area contributed by atoms with E-state index in [1.807, 2.05) is 42.5 Å². The summed E-state index contributed by atoms with van der Waals surface area (Å²) < 4.78 is 22.3. The molecule has 50 heavy (non-hydrogen) atoms. The van der Waals surface area contributed by atoms with E-state index in [1.165, 1.54) is 10.8 Å². The zero-order valence-electron chi connectivity index (χ0n) is 30.3. The van der Waals surface area contributed by atoms with E-state index in [0.29, 0.717) is 5.56 Å². The van der Waals surface area contributed by atoms with E-state index in [2.05, 4.69) is 89.2 Å². The minimum absolute atomic E-state index is 0.0764. The Kier molecular flexibility index (Phi) is 10.7. The number of hydrogen-bond acceptors (Lipinski definition) is 7. The summed E-state index contributed by atoms with van der Waals surface area (Å²) in [5.74, 6) is -0.264. The van der Waals surface area contributed by atoms with Gasteiger partial charge in [-0.3, -0.25) is 14.2 Å². The molecule has 11 heteroatoms. The predicted octanol–water partition coefficient (Wildman–Crippen LogP) is 6.32. The molecule has 0 bridgehead atoms. The average molecular weight is 712 g/mol. The minimum atomic E-state index is -3.07. The zero-order chi connectivity index (χ0) is 36.4. The number of ether oxygens (including phenoxy) is 1. The molecule has 1 N–H and O–H groups in total. The topological polar surface area (TPSA) is 109 Å². The Morgan fingerprint density at radius 1 is 0.900 bits per heavy atom. The summed E-state index contributed by atoms with van der Waals surface area (Å²) in [5, 5.41) is 4.34. The van der Waals surface area contributed by atoms with Crippen molar-refractivity contribution < 1.29 is 23.2 Å². The number of rotatable bonds is 11. The Morgan fingerprint density at radius 3 is 1.92 bits per heavy atom. The van der Waals surface area contributed by atoms with Gasteiger partial charge in [-0.1, -0.05) is 120 Å². The normalized spacial score (nSPS) is 20.0. The summed E-state index contributed by atoms with van der Waals surface area (Å²) in [5.41, 5.74) is -1.70. The van der Waals surface area contributed by atoms with Crippen LogP contribution in [0.5, 0.6) is 0 Å². The van der Waals surface area contributed by atoms with Crippen LogP contribution in [0.4, 0.5) is 5.82 Å². The average Bonchev–Trinajstić information content (AvgIpc) is 3.42. The number of carbonyl (C=O) groups is 2. The van der Waals surface area contributed by atoms with Gasteiger partial charge in [-0.05, 0) is 51.7 Å². The monoisotopic (exact) mass is 711 g/mol. The maximum absolute atomic E-state index is 13.5. The molecule has 1 aliphatic heterocycles. The summed E-state index contributed by atoms with van der Waals surface area (Å²) in [7, 11) is -5.52. The first kappa shape index (κ1) is 37.3. The molecular weight excluding hydrogens is 663 g/mol. The van der Waals surface area contributed by atoms with Gasteiger partial charge in [-0.15, -0.1) is 0 Å². The summed E-state index contributed by atoms with van der Waals surface area (Å²) in [6.45, 7) is 17.2. The van der Waals surface area contributed by atoms with Crippen molar-refractivity contribution in [3.63, 3.8) is 0 Å². The summed E-state index contributed by atoms with van der Waals surface area (Å²) in [4.78, 5) is 43.8. The van der Waals surface area contributed by atoms with Crippen LogP contribution in [0, 0.1) is 0 Å². The van der Waals surface area contributed by atoms with Crippen molar-refractivity contribution in [1.29, 1.82) is 0 Å². The highest BCUT2D eigenvalue weighted by Crippen LogP contribution is 2.45. The number of nitrogens with one attached hydrogen (secondary N) is 1. The third-order valence-electron chi connectivity index (χ3n) is 10.1.